The lowest BCUT2D eigenvalue weighted by Crippen LogP contribution is -2.03. The van der Waals surface area contributed by atoms with Crippen LogP contribution in [0, 0.1) is 12.7 Å². The number of hydrogen-bond acceptors (Lipinski definition) is 3. The van der Waals surface area contributed by atoms with Crippen LogP contribution in [0.25, 0.3) is 28.2 Å². The zero-order valence-corrected chi connectivity index (χ0v) is 14.5. The summed E-state index contributed by atoms with van der Waals surface area (Å²) in [4.78, 5) is 21.1. The molecule has 0 aliphatic carbocycles. The first-order chi connectivity index (χ1) is 13.1. The van der Waals surface area contributed by atoms with Gasteiger partial charge < -0.3 is 5.32 Å². The summed E-state index contributed by atoms with van der Waals surface area (Å²) in [7, 11) is 0. The second-order valence-corrected chi connectivity index (χ2v) is 6.64. The molecule has 0 unspecified atom stereocenters. The van der Waals surface area contributed by atoms with Crippen LogP contribution in [0.1, 0.15) is 11.3 Å². The number of anilines is 1. The van der Waals surface area contributed by atoms with E-state index in [1.54, 1.807) is 12.1 Å². The maximum Gasteiger partial charge on any atom is 0.228 e. The number of fused-ring (bicyclic) bond motifs is 2. The Bertz CT molecular complexity index is 1210. The van der Waals surface area contributed by atoms with Crippen molar-refractivity contribution in [1.29, 1.82) is 0 Å². The lowest BCUT2D eigenvalue weighted by Gasteiger charge is -2.11. The molecule has 0 saturated carbocycles. The number of hydrogen-bond donors (Lipinski definition) is 1. The predicted molar refractivity (Wildman–Crippen MR) is 101 cm³/mol. The van der Waals surface area contributed by atoms with Crippen LogP contribution in [0.2, 0.25) is 0 Å². The minimum absolute atomic E-state index is 0.00892. The van der Waals surface area contributed by atoms with Crippen LogP contribution < -0.4 is 5.32 Å². The number of imidazole rings is 1. The zero-order valence-electron chi connectivity index (χ0n) is 14.5. The molecular weight excluding hydrogens is 343 g/mol. The molecule has 0 spiro atoms. The molecule has 0 atom stereocenters. The number of rotatable bonds is 2. The summed E-state index contributed by atoms with van der Waals surface area (Å²) >= 11 is 0. The van der Waals surface area contributed by atoms with Crippen molar-refractivity contribution in [3.63, 3.8) is 0 Å². The van der Waals surface area contributed by atoms with Gasteiger partial charge in [-0.25, -0.2) is 14.4 Å². The van der Waals surface area contributed by atoms with Crippen molar-refractivity contribution in [3.8, 4) is 17.1 Å². The maximum atomic E-state index is 13.4. The van der Waals surface area contributed by atoms with E-state index < -0.39 is 0 Å². The van der Waals surface area contributed by atoms with Crippen LogP contribution in [0.4, 0.5) is 10.1 Å². The van der Waals surface area contributed by atoms with Crippen LogP contribution in [0.5, 0.6) is 0 Å². The van der Waals surface area contributed by atoms with Crippen molar-refractivity contribution >= 4 is 22.8 Å². The third kappa shape index (κ3) is 2.57. The van der Waals surface area contributed by atoms with Crippen molar-refractivity contribution in [3.05, 3.63) is 71.7 Å². The second-order valence-electron chi connectivity index (χ2n) is 6.64. The molecule has 0 bridgehead atoms. The first-order valence-corrected chi connectivity index (χ1v) is 8.64. The van der Waals surface area contributed by atoms with Gasteiger partial charge in [-0.15, -0.1) is 0 Å². The fourth-order valence-electron chi connectivity index (χ4n) is 3.44. The van der Waals surface area contributed by atoms with Crippen molar-refractivity contribution in [2.45, 2.75) is 13.3 Å². The number of nitrogens with zero attached hydrogens (tertiary/aromatic N) is 3. The number of pyridine rings is 1. The van der Waals surface area contributed by atoms with E-state index in [-0.39, 0.29) is 11.7 Å². The molecule has 5 nitrogen and oxygen atoms in total. The van der Waals surface area contributed by atoms with Gasteiger partial charge in [0, 0.05) is 22.6 Å². The van der Waals surface area contributed by atoms with Crippen molar-refractivity contribution < 1.29 is 9.18 Å². The Morgan fingerprint density at radius 3 is 2.67 bits per heavy atom. The molecule has 1 amide bonds. The molecule has 5 rings (SSSR count). The molecule has 132 valence electrons. The number of carbonyl (C=O) groups excluding carboxylic acids is 1. The van der Waals surface area contributed by atoms with Crippen LogP contribution >= 0.6 is 0 Å². The van der Waals surface area contributed by atoms with Gasteiger partial charge in [-0.2, -0.15) is 0 Å². The van der Waals surface area contributed by atoms with E-state index in [4.69, 9.17) is 4.98 Å². The number of nitrogens with one attached hydrogen (secondary N) is 1. The molecule has 27 heavy (non-hydrogen) atoms. The highest BCUT2D eigenvalue weighted by atomic mass is 19.1. The SMILES string of the molecule is Cc1ccc2nc(-c3ccc(F)cc3)n(-c3ccc4c(c3)CC(=O)N4)c2n1. The highest BCUT2D eigenvalue weighted by Gasteiger charge is 2.21. The number of aromatic nitrogens is 3. The monoisotopic (exact) mass is 358 g/mol. The smallest absolute Gasteiger partial charge is 0.228 e. The van der Waals surface area contributed by atoms with Gasteiger partial charge in [-0.05, 0) is 67.1 Å². The first kappa shape index (κ1) is 15.7. The van der Waals surface area contributed by atoms with Crippen molar-refractivity contribution in [1.82, 2.24) is 14.5 Å². The lowest BCUT2D eigenvalue weighted by molar-refractivity contribution is -0.115. The largest absolute Gasteiger partial charge is 0.326 e. The molecule has 1 N–H and O–H groups in total. The average Bonchev–Trinajstić information content (AvgIpc) is 3.20. The number of aryl methyl sites for hydroxylation is 1. The normalized spacial score (nSPS) is 13.0. The highest BCUT2D eigenvalue weighted by molar-refractivity contribution is 5.99. The van der Waals surface area contributed by atoms with Crippen molar-refractivity contribution in [2.75, 3.05) is 5.32 Å². The Morgan fingerprint density at radius 2 is 1.85 bits per heavy atom. The molecular formula is C21H15FN4O. The minimum atomic E-state index is -0.294. The highest BCUT2D eigenvalue weighted by Crippen LogP contribution is 2.31. The molecule has 6 heteroatoms. The molecule has 3 heterocycles. The van der Waals surface area contributed by atoms with E-state index in [2.05, 4.69) is 10.3 Å². The summed E-state index contributed by atoms with van der Waals surface area (Å²) < 4.78 is 15.3. The molecule has 0 fully saturated rings. The Balaban J connectivity index is 1.78. The summed E-state index contributed by atoms with van der Waals surface area (Å²) in [6.07, 6.45) is 0.355. The van der Waals surface area contributed by atoms with Crippen LogP contribution in [0.3, 0.4) is 0 Å². The first-order valence-electron chi connectivity index (χ1n) is 8.64. The molecule has 1 aliphatic heterocycles. The third-order valence-electron chi connectivity index (χ3n) is 4.72. The Labute approximate surface area is 154 Å². The zero-order chi connectivity index (χ0) is 18.5. The third-order valence-corrected chi connectivity index (χ3v) is 4.72. The summed E-state index contributed by atoms with van der Waals surface area (Å²) in [5.41, 5.74) is 5.80. The molecule has 0 radical (unpaired) electrons. The number of benzene rings is 2. The van der Waals surface area contributed by atoms with Gasteiger partial charge in [0.25, 0.3) is 0 Å². The maximum absolute atomic E-state index is 13.4. The Kier molecular flexibility index (Phi) is 3.33. The standard InChI is InChI=1S/C21H15FN4O/c1-12-2-8-18-21(23-12)26(20(25-18)13-3-5-15(22)6-4-13)16-7-9-17-14(10-16)11-19(27)24-17/h2-10H,11H2,1H3,(H,24,27). The Hall–Kier alpha value is -3.54. The van der Waals surface area contributed by atoms with E-state index >= 15 is 0 Å². The van der Waals surface area contributed by atoms with Gasteiger partial charge in [-0.3, -0.25) is 9.36 Å². The fourth-order valence-corrected chi connectivity index (χ4v) is 3.44. The van der Waals surface area contributed by atoms with Gasteiger partial charge >= 0.3 is 0 Å². The number of carbonyl (C=O) groups is 1. The van der Waals surface area contributed by atoms with Gasteiger partial charge in [0.05, 0.1) is 6.42 Å². The molecule has 1 aliphatic rings. The van der Waals surface area contributed by atoms with E-state index in [1.165, 1.54) is 12.1 Å². The molecule has 2 aromatic heterocycles. The van der Waals surface area contributed by atoms with Gasteiger partial charge in [0.2, 0.25) is 5.91 Å². The lowest BCUT2D eigenvalue weighted by atomic mass is 10.1. The van der Waals surface area contributed by atoms with E-state index in [0.717, 1.165) is 39.4 Å². The van der Waals surface area contributed by atoms with Gasteiger partial charge in [-0.1, -0.05) is 0 Å². The predicted octanol–water partition coefficient (Wildman–Crippen LogP) is 4.03. The van der Waals surface area contributed by atoms with Gasteiger partial charge in [0.1, 0.15) is 17.2 Å². The number of amides is 1. The second kappa shape index (κ2) is 5.74. The van der Waals surface area contributed by atoms with E-state index in [9.17, 15) is 9.18 Å². The van der Waals surface area contributed by atoms with Crippen LogP contribution in [0.15, 0.2) is 54.6 Å². The minimum Gasteiger partial charge on any atom is -0.326 e. The fraction of sp³-hybridized carbons (Fsp3) is 0.0952. The van der Waals surface area contributed by atoms with E-state index in [0.29, 0.717) is 12.2 Å². The van der Waals surface area contributed by atoms with Gasteiger partial charge in [0.15, 0.2) is 5.65 Å². The Morgan fingerprint density at radius 1 is 1.04 bits per heavy atom. The van der Waals surface area contributed by atoms with Crippen LogP contribution in [-0.4, -0.2) is 20.4 Å². The topological polar surface area (TPSA) is 59.8 Å². The molecule has 4 aromatic rings. The summed E-state index contributed by atoms with van der Waals surface area (Å²) in [5, 5.41) is 2.85. The molecule has 2 aromatic carbocycles. The van der Waals surface area contributed by atoms with Crippen LogP contribution in [-0.2, 0) is 11.2 Å². The summed E-state index contributed by atoms with van der Waals surface area (Å²) in [6.45, 7) is 1.93. The summed E-state index contributed by atoms with van der Waals surface area (Å²) in [5.74, 6) is 0.378. The van der Waals surface area contributed by atoms with E-state index in [1.807, 2.05) is 41.8 Å². The quantitative estimate of drug-likeness (QED) is 0.589. The van der Waals surface area contributed by atoms with Crippen molar-refractivity contribution in [2.24, 2.45) is 0 Å². The molecule has 0 saturated heterocycles. The summed E-state index contributed by atoms with van der Waals surface area (Å²) in [6, 6.07) is 15.9. The number of halogens is 1. The average molecular weight is 358 g/mol.